The number of aromatic amines is 1. The third-order valence-electron chi connectivity index (χ3n) is 5.04. The fourth-order valence-electron chi connectivity index (χ4n) is 3.53. The van der Waals surface area contributed by atoms with Gasteiger partial charge in [0, 0.05) is 23.5 Å². The van der Waals surface area contributed by atoms with Gasteiger partial charge in [0.15, 0.2) is 0 Å². The zero-order valence-corrected chi connectivity index (χ0v) is 13.6. The van der Waals surface area contributed by atoms with Crippen LogP contribution in [0.1, 0.15) is 38.2 Å². The Morgan fingerprint density at radius 1 is 1.30 bits per heavy atom. The van der Waals surface area contributed by atoms with Crippen molar-refractivity contribution in [2.45, 2.75) is 39.0 Å². The number of pyridine rings is 1. The minimum Gasteiger partial charge on any atom is -0.356 e. The number of carbonyl (C=O) groups is 1. The largest absolute Gasteiger partial charge is 0.356 e. The lowest BCUT2D eigenvalue weighted by molar-refractivity contribution is -0.125. The maximum atomic E-state index is 12.2. The summed E-state index contributed by atoms with van der Waals surface area (Å²) in [5.41, 5.74) is 1.50. The highest BCUT2D eigenvalue weighted by molar-refractivity contribution is 5.79. The Balaban J connectivity index is 1.59. The molecule has 1 saturated carbocycles. The van der Waals surface area contributed by atoms with Gasteiger partial charge in [-0.2, -0.15) is 0 Å². The van der Waals surface area contributed by atoms with Gasteiger partial charge in [-0.25, -0.2) is 0 Å². The van der Waals surface area contributed by atoms with Crippen molar-refractivity contribution in [3.8, 4) is 0 Å². The Kier molecular flexibility index (Phi) is 4.79. The Hall–Kier alpha value is -2.10. The van der Waals surface area contributed by atoms with Gasteiger partial charge >= 0.3 is 0 Å². The van der Waals surface area contributed by atoms with Crippen molar-refractivity contribution in [1.82, 2.24) is 10.3 Å². The van der Waals surface area contributed by atoms with Crippen LogP contribution in [0, 0.1) is 11.8 Å². The first-order chi connectivity index (χ1) is 11.1. The lowest BCUT2D eigenvalue weighted by atomic mass is 9.92. The topological polar surface area (TPSA) is 62.0 Å². The molecular weight excluding hydrogens is 288 g/mol. The predicted octanol–water partition coefficient (Wildman–Crippen LogP) is 3.01. The van der Waals surface area contributed by atoms with E-state index in [1.807, 2.05) is 37.3 Å². The summed E-state index contributed by atoms with van der Waals surface area (Å²) in [6.45, 7) is 2.53. The van der Waals surface area contributed by atoms with Crippen molar-refractivity contribution in [2.75, 3.05) is 6.54 Å². The Labute approximate surface area is 136 Å². The van der Waals surface area contributed by atoms with Crippen LogP contribution in [0.5, 0.6) is 0 Å². The summed E-state index contributed by atoms with van der Waals surface area (Å²) in [6, 6.07) is 9.65. The average Bonchev–Trinajstić information content (AvgIpc) is 3.09. The lowest BCUT2D eigenvalue weighted by Gasteiger charge is -2.18. The molecule has 0 bridgehead atoms. The molecule has 2 aromatic rings. The number of benzene rings is 1. The number of aromatic nitrogens is 1. The molecule has 1 fully saturated rings. The van der Waals surface area contributed by atoms with Crippen molar-refractivity contribution < 1.29 is 4.79 Å². The van der Waals surface area contributed by atoms with Gasteiger partial charge in [-0.05, 0) is 42.7 Å². The highest BCUT2D eigenvalue weighted by Crippen LogP contribution is 2.31. The van der Waals surface area contributed by atoms with Crippen LogP contribution < -0.4 is 10.9 Å². The summed E-state index contributed by atoms with van der Waals surface area (Å²) in [7, 11) is 0. The lowest BCUT2D eigenvalue weighted by Crippen LogP contribution is -2.34. The molecule has 0 aliphatic heterocycles. The maximum absolute atomic E-state index is 12.2. The van der Waals surface area contributed by atoms with E-state index >= 15 is 0 Å². The van der Waals surface area contributed by atoms with Crippen molar-refractivity contribution in [2.24, 2.45) is 11.8 Å². The van der Waals surface area contributed by atoms with E-state index in [0.29, 0.717) is 18.9 Å². The van der Waals surface area contributed by atoms with Crippen molar-refractivity contribution >= 4 is 16.8 Å². The van der Waals surface area contributed by atoms with Gasteiger partial charge in [0.25, 0.3) is 5.56 Å². The van der Waals surface area contributed by atoms with E-state index in [2.05, 4.69) is 10.3 Å². The second-order valence-electron chi connectivity index (χ2n) is 6.59. The van der Waals surface area contributed by atoms with Crippen molar-refractivity contribution in [3.05, 3.63) is 46.2 Å². The first-order valence-electron chi connectivity index (χ1n) is 8.54. The summed E-state index contributed by atoms with van der Waals surface area (Å²) in [5, 5.41) is 4.01. The number of para-hydroxylation sites is 1. The summed E-state index contributed by atoms with van der Waals surface area (Å²) in [5.74, 6) is 0.723. The smallest absolute Gasteiger partial charge is 0.251 e. The molecule has 1 aromatic carbocycles. The summed E-state index contributed by atoms with van der Waals surface area (Å²) < 4.78 is 0. The number of hydrogen-bond acceptors (Lipinski definition) is 2. The predicted molar refractivity (Wildman–Crippen MR) is 92.4 cm³/mol. The number of H-pyrrole nitrogens is 1. The van der Waals surface area contributed by atoms with E-state index in [1.165, 1.54) is 25.7 Å². The zero-order valence-electron chi connectivity index (χ0n) is 13.6. The van der Waals surface area contributed by atoms with Crippen LogP contribution in [0.2, 0.25) is 0 Å². The third kappa shape index (κ3) is 3.63. The molecule has 1 aliphatic rings. The van der Waals surface area contributed by atoms with Crippen LogP contribution >= 0.6 is 0 Å². The molecule has 122 valence electrons. The van der Waals surface area contributed by atoms with Gasteiger partial charge in [-0.1, -0.05) is 38.0 Å². The van der Waals surface area contributed by atoms with Gasteiger partial charge in [0.1, 0.15) is 0 Å². The monoisotopic (exact) mass is 312 g/mol. The third-order valence-corrected chi connectivity index (χ3v) is 5.04. The molecule has 0 spiro atoms. The van der Waals surface area contributed by atoms with Gasteiger partial charge in [-0.3, -0.25) is 9.59 Å². The van der Waals surface area contributed by atoms with Gasteiger partial charge in [-0.15, -0.1) is 0 Å². The normalized spacial score (nSPS) is 16.6. The quantitative estimate of drug-likeness (QED) is 0.891. The average molecular weight is 312 g/mol. The zero-order chi connectivity index (χ0) is 16.2. The van der Waals surface area contributed by atoms with E-state index in [-0.39, 0.29) is 17.4 Å². The molecule has 0 saturated heterocycles. The summed E-state index contributed by atoms with van der Waals surface area (Å²) in [6.07, 6.45) is 5.38. The molecule has 1 aromatic heterocycles. The minimum atomic E-state index is -0.0678. The number of fused-ring (bicyclic) bond motifs is 1. The molecule has 1 heterocycles. The molecular formula is C19H24N2O2. The number of amides is 1. The standard InChI is InChI=1S/C19H24N2O2/c1-13(14-6-2-3-7-14)18(22)20-11-10-16-12-15-8-4-5-9-17(15)21-19(16)23/h4-5,8-9,12-14H,2-3,6-7,10-11H2,1H3,(H,20,22)(H,21,23). The molecule has 4 heteroatoms. The Morgan fingerprint density at radius 3 is 2.83 bits per heavy atom. The Morgan fingerprint density at radius 2 is 2.04 bits per heavy atom. The van der Waals surface area contributed by atoms with E-state index < -0.39 is 0 Å². The molecule has 1 unspecified atom stereocenters. The van der Waals surface area contributed by atoms with Crippen LogP contribution in [0.3, 0.4) is 0 Å². The van der Waals surface area contributed by atoms with E-state index in [9.17, 15) is 9.59 Å². The minimum absolute atomic E-state index is 0.0678. The van der Waals surface area contributed by atoms with E-state index in [1.54, 1.807) is 0 Å². The fraction of sp³-hybridized carbons (Fsp3) is 0.474. The molecule has 4 nitrogen and oxygen atoms in total. The first-order valence-corrected chi connectivity index (χ1v) is 8.54. The maximum Gasteiger partial charge on any atom is 0.251 e. The van der Waals surface area contributed by atoms with Crippen LogP contribution in [-0.2, 0) is 11.2 Å². The fourth-order valence-corrected chi connectivity index (χ4v) is 3.53. The summed E-state index contributed by atoms with van der Waals surface area (Å²) in [4.78, 5) is 27.2. The van der Waals surface area contributed by atoms with E-state index in [0.717, 1.165) is 16.5 Å². The van der Waals surface area contributed by atoms with Crippen molar-refractivity contribution in [3.63, 3.8) is 0 Å². The number of hydrogen-bond donors (Lipinski definition) is 2. The summed E-state index contributed by atoms with van der Waals surface area (Å²) >= 11 is 0. The first kappa shape index (κ1) is 15.8. The highest BCUT2D eigenvalue weighted by Gasteiger charge is 2.26. The van der Waals surface area contributed by atoms with Crippen molar-refractivity contribution in [1.29, 1.82) is 0 Å². The Bertz CT molecular complexity index is 744. The molecule has 3 rings (SSSR count). The van der Waals surface area contributed by atoms with Crippen LogP contribution in [0.15, 0.2) is 35.1 Å². The second-order valence-corrected chi connectivity index (χ2v) is 6.59. The number of nitrogens with one attached hydrogen (secondary N) is 2. The number of rotatable bonds is 5. The van der Waals surface area contributed by atoms with Gasteiger partial charge in [0.05, 0.1) is 0 Å². The molecule has 1 aliphatic carbocycles. The molecule has 1 atom stereocenters. The molecule has 23 heavy (non-hydrogen) atoms. The van der Waals surface area contributed by atoms with Crippen LogP contribution in [-0.4, -0.2) is 17.4 Å². The highest BCUT2D eigenvalue weighted by atomic mass is 16.2. The molecule has 1 amide bonds. The van der Waals surface area contributed by atoms with Crippen LogP contribution in [0.25, 0.3) is 10.9 Å². The van der Waals surface area contributed by atoms with E-state index in [4.69, 9.17) is 0 Å². The molecule has 2 N–H and O–H groups in total. The molecule has 0 radical (unpaired) electrons. The van der Waals surface area contributed by atoms with Crippen LogP contribution in [0.4, 0.5) is 0 Å². The SMILES string of the molecule is CC(C(=O)NCCc1cc2ccccc2[nH]c1=O)C1CCCC1. The van der Waals surface area contributed by atoms with Gasteiger partial charge in [0.2, 0.25) is 5.91 Å². The van der Waals surface area contributed by atoms with Gasteiger partial charge < -0.3 is 10.3 Å². The number of carbonyl (C=O) groups excluding carboxylic acids is 1. The second kappa shape index (κ2) is 6.99.